The minimum atomic E-state index is -0.147. The molecule has 0 aliphatic rings. The van der Waals surface area contributed by atoms with Crippen molar-refractivity contribution in [3.63, 3.8) is 0 Å². The molecule has 4 rings (SSSR count). The van der Waals surface area contributed by atoms with Crippen molar-refractivity contribution in [1.29, 1.82) is 0 Å². The molecule has 0 saturated carbocycles. The SMILES string of the molecule is O=C(Cc1ccccc1)Nc1nc2cc(-c3ccsc3)ccc2o1. The number of thiophene rings is 1. The first-order chi connectivity index (χ1) is 11.8. The molecule has 0 atom stereocenters. The molecule has 0 fully saturated rings. The van der Waals surface area contributed by atoms with Crippen LogP contribution >= 0.6 is 11.3 Å². The molecule has 118 valence electrons. The zero-order chi connectivity index (χ0) is 16.4. The summed E-state index contributed by atoms with van der Waals surface area (Å²) in [5.41, 5.74) is 4.57. The standard InChI is InChI=1S/C19H14N2O2S/c22-18(10-13-4-2-1-3-5-13)21-19-20-16-11-14(6-7-17(16)23-19)15-8-9-24-12-15/h1-9,11-12H,10H2,(H,20,21,22). The number of nitrogens with zero attached hydrogens (tertiary/aromatic N) is 1. The topological polar surface area (TPSA) is 55.1 Å². The zero-order valence-electron chi connectivity index (χ0n) is 12.7. The van der Waals surface area contributed by atoms with Crippen molar-refractivity contribution in [3.05, 3.63) is 70.9 Å². The van der Waals surface area contributed by atoms with Crippen LogP contribution in [0.25, 0.3) is 22.2 Å². The number of carbonyl (C=O) groups excluding carboxylic acids is 1. The number of oxazole rings is 1. The summed E-state index contributed by atoms with van der Waals surface area (Å²) in [6, 6.07) is 17.7. The van der Waals surface area contributed by atoms with E-state index in [0.717, 1.165) is 22.2 Å². The molecule has 4 nitrogen and oxygen atoms in total. The minimum absolute atomic E-state index is 0.147. The lowest BCUT2D eigenvalue weighted by atomic mass is 10.1. The van der Waals surface area contributed by atoms with Gasteiger partial charge >= 0.3 is 6.01 Å². The first-order valence-corrected chi connectivity index (χ1v) is 8.49. The second-order valence-electron chi connectivity index (χ2n) is 5.42. The molecule has 5 heteroatoms. The molecule has 0 aliphatic carbocycles. The van der Waals surface area contributed by atoms with Crippen molar-refractivity contribution in [2.45, 2.75) is 6.42 Å². The summed E-state index contributed by atoms with van der Waals surface area (Å²) >= 11 is 1.65. The minimum Gasteiger partial charge on any atom is -0.423 e. The predicted molar refractivity (Wildman–Crippen MR) is 96.1 cm³/mol. The number of hydrogen-bond donors (Lipinski definition) is 1. The third-order valence-electron chi connectivity index (χ3n) is 3.70. The van der Waals surface area contributed by atoms with Crippen LogP contribution in [0.15, 0.2) is 69.8 Å². The van der Waals surface area contributed by atoms with Gasteiger partial charge in [0.15, 0.2) is 5.58 Å². The number of amides is 1. The number of anilines is 1. The highest BCUT2D eigenvalue weighted by atomic mass is 32.1. The van der Waals surface area contributed by atoms with Crippen LogP contribution in [0.3, 0.4) is 0 Å². The van der Waals surface area contributed by atoms with Crippen molar-refractivity contribution in [1.82, 2.24) is 4.98 Å². The summed E-state index contributed by atoms with van der Waals surface area (Å²) in [6.45, 7) is 0. The van der Waals surface area contributed by atoms with E-state index in [4.69, 9.17) is 4.42 Å². The number of rotatable bonds is 4. The Kier molecular flexibility index (Phi) is 3.84. The van der Waals surface area contributed by atoms with Gasteiger partial charge in [0, 0.05) is 0 Å². The van der Waals surface area contributed by atoms with E-state index in [1.807, 2.05) is 53.9 Å². The molecule has 4 aromatic rings. The van der Waals surface area contributed by atoms with Gasteiger partial charge in [-0.05, 0) is 45.6 Å². The Bertz CT molecular complexity index is 975. The van der Waals surface area contributed by atoms with Gasteiger partial charge in [-0.3, -0.25) is 10.1 Å². The molecule has 2 aromatic heterocycles. The number of hydrogen-bond acceptors (Lipinski definition) is 4. The van der Waals surface area contributed by atoms with Gasteiger partial charge in [0.25, 0.3) is 0 Å². The Morgan fingerprint density at radius 1 is 1.08 bits per heavy atom. The molecule has 0 saturated heterocycles. The van der Waals surface area contributed by atoms with Gasteiger partial charge < -0.3 is 4.42 Å². The lowest BCUT2D eigenvalue weighted by Gasteiger charge is -2.00. The van der Waals surface area contributed by atoms with Crippen LogP contribution in [0.5, 0.6) is 0 Å². The largest absolute Gasteiger partial charge is 0.423 e. The van der Waals surface area contributed by atoms with Gasteiger partial charge in [-0.25, -0.2) is 0 Å². The van der Waals surface area contributed by atoms with Crippen molar-refractivity contribution in [2.75, 3.05) is 5.32 Å². The van der Waals surface area contributed by atoms with Crippen LogP contribution in [0.2, 0.25) is 0 Å². The monoisotopic (exact) mass is 334 g/mol. The van der Waals surface area contributed by atoms with Gasteiger partial charge in [0.1, 0.15) is 5.52 Å². The smallest absolute Gasteiger partial charge is 0.302 e. The van der Waals surface area contributed by atoms with Crippen LogP contribution < -0.4 is 5.32 Å². The summed E-state index contributed by atoms with van der Waals surface area (Å²) in [5, 5.41) is 6.85. The van der Waals surface area contributed by atoms with E-state index in [0.29, 0.717) is 12.0 Å². The normalized spacial score (nSPS) is 10.8. The summed E-state index contributed by atoms with van der Waals surface area (Å²) in [6.07, 6.45) is 0.291. The number of benzene rings is 2. The molecular weight excluding hydrogens is 320 g/mol. The first-order valence-electron chi connectivity index (χ1n) is 7.55. The van der Waals surface area contributed by atoms with Crippen molar-refractivity contribution in [3.8, 4) is 11.1 Å². The Labute approximate surface area is 142 Å². The molecule has 0 aliphatic heterocycles. The van der Waals surface area contributed by atoms with Gasteiger partial charge in [-0.15, -0.1) is 0 Å². The molecular formula is C19H14N2O2S. The summed E-state index contributed by atoms with van der Waals surface area (Å²) in [5.74, 6) is -0.147. The number of aromatic nitrogens is 1. The molecule has 24 heavy (non-hydrogen) atoms. The van der Waals surface area contributed by atoms with Crippen molar-refractivity contribution in [2.24, 2.45) is 0 Å². The fourth-order valence-corrected chi connectivity index (χ4v) is 3.20. The zero-order valence-corrected chi connectivity index (χ0v) is 13.5. The van der Waals surface area contributed by atoms with E-state index in [1.54, 1.807) is 11.3 Å². The molecule has 2 aromatic carbocycles. The van der Waals surface area contributed by atoms with E-state index in [2.05, 4.69) is 21.7 Å². The average molecular weight is 334 g/mol. The predicted octanol–water partition coefficient (Wildman–Crippen LogP) is 4.74. The van der Waals surface area contributed by atoms with Crippen LogP contribution in [0, 0.1) is 0 Å². The van der Waals surface area contributed by atoms with Crippen LogP contribution in [-0.4, -0.2) is 10.9 Å². The van der Waals surface area contributed by atoms with Crippen molar-refractivity contribution >= 4 is 34.4 Å². The summed E-state index contributed by atoms with van der Waals surface area (Å²) in [7, 11) is 0. The number of fused-ring (bicyclic) bond motifs is 1. The molecule has 1 amide bonds. The highest BCUT2D eigenvalue weighted by Crippen LogP contribution is 2.27. The average Bonchev–Trinajstić information content (AvgIpc) is 3.24. The van der Waals surface area contributed by atoms with Crippen LogP contribution in [-0.2, 0) is 11.2 Å². The quantitative estimate of drug-likeness (QED) is 0.586. The van der Waals surface area contributed by atoms with E-state index in [1.165, 1.54) is 0 Å². The molecule has 2 heterocycles. The Balaban J connectivity index is 1.53. The Morgan fingerprint density at radius 2 is 1.96 bits per heavy atom. The van der Waals surface area contributed by atoms with Crippen LogP contribution in [0.4, 0.5) is 6.01 Å². The fourth-order valence-electron chi connectivity index (χ4n) is 2.53. The number of nitrogens with one attached hydrogen (secondary N) is 1. The van der Waals surface area contributed by atoms with E-state index >= 15 is 0 Å². The Hall–Kier alpha value is -2.92. The molecule has 0 spiro atoms. The highest BCUT2D eigenvalue weighted by molar-refractivity contribution is 7.08. The molecule has 0 radical (unpaired) electrons. The third-order valence-corrected chi connectivity index (χ3v) is 4.38. The summed E-state index contributed by atoms with van der Waals surface area (Å²) in [4.78, 5) is 16.5. The summed E-state index contributed by atoms with van der Waals surface area (Å²) < 4.78 is 5.61. The lowest BCUT2D eigenvalue weighted by Crippen LogP contribution is -2.14. The fraction of sp³-hybridized carbons (Fsp3) is 0.0526. The maximum atomic E-state index is 12.1. The van der Waals surface area contributed by atoms with Gasteiger partial charge in [0.05, 0.1) is 6.42 Å². The first kappa shape index (κ1) is 14.7. The Morgan fingerprint density at radius 3 is 2.75 bits per heavy atom. The van der Waals surface area contributed by atoms with Gasteiger partial charge in [-0.1, -0.05) is 36.4 Å². The molecule has 0 unspecified atom stereocenters. The van der Waals surface area contributed by atoms with E-state index in [9.17, 15) is 4.79 Å². The second kappa shape index (κ2) is 6.29. The van der Waals surface area contributed by atoms with E-state index < -0.39 is 0 Å². The maximum absolute atomic E-state index is 12.1. The maximum Gasteiger partial charge on any atom is 0.302 e. The van der Waals surface area contributed by atoms with Crippen molar-refractivity contribution < 1.29 is 9.21 Å². The number of carbonyl (C=O) groups is 1. The second-order valence-corrected chi connectivity index (χ2v) is 6.20. The lowest BCUT2D eigenvalue weighted by molar-refractivity contribution is -0.115. The molecule has 1 N–H and O–H groups in total. The van der Waals surface area contributed by atoms with E-state index in [-0.39, 0.29) is 11.9 Å². The van der Waals surface area contributed by atoms with Gasteiger partial charge in [0.2, 0.25) is 5.91 Å². The van der Waals surface area contributed by atoms with Gasteiger partial charge in [-0.2, -0.15) is 16.3 Å². The third kappa shape index (κ3) is 3.07. The van der Waals surface area contributed by atoms with Crippen LogP contribution in [0.1, 0.15) is 5.56 Å². The highest BCUT2D eigenvalue weighted by Gasteiger charge is 2.11. The molecule has 0 bridgehead atoms.